The van der Waals surface area contributed by atoms with Crippen LogP contribution in [0.25, 0.3) is 0 Å². The molecule has 4 N–H and O–H groups in total. The number of aromatic nitrogens is 2. The molecule has 2 aromatic rings. The molecular weight excluding hydrogens is 294 g/mol. The van der Waals surface area contributed by atoms with E-state index in [0.717, 1.165) is 30.6 Å². The standard InChI is InChI=1S/C16H19N5O2/c1-23-13-5-2-4-12(8-13)16(6-3-7-16)20-15-18-9-11(10-19-15)14(22)21-17/h2,4-5,8-10H,3,6-7,17H2,1H3,(H,21,22)(H,18,19,20). The van der Waals surface area contributed by atoms with Gasteiger partial charge >= 0.3 is 0 Å². The van der Waals surface area contributed by atoms with Gasteiger partial charge in [-0.05, 0) is 37.0 Å². The van der Waals surface area contributed by atoms with Crippen LogP contribution in [0.1, 0.15) is 35.2 Å². The van der Waals surface area contributed by atoms with E-state index in [1.54, 1.807) is 7.11 Å². The lowest BCUT2D eigenvalue weighted by Gasteiger charge is -2.43. The summed E-state index contributed by atoms with van der Waals surface area (Å²) in [6.45, 7) is 0. The SMILES string of the molecule is COc1cccc(C2(Nc3ncc(C(=O)NN)cn3)CCC2)c1. The van der Waals surface area contributed by atoms with Crippen molar-refractivity contribution in [1.82, 2.24) is 15.4 Å². The second kappa shape index (κ2) is 6.21. The number of carbonyl (C=O) groups is 1. The Labute approximate surface area is 134 Å². The number of rotatable bonds is 5. The number of nitrogen functional groups attached to an aromatic ring is 1. The van der Waals surface area contributed by atoms with Gasteiger partial charge in [-0.15, -0.1) is 0 Å². The van der Waals surface area contributed by atoms with Crippen molar-refractivity contribution in [1.29, 1.82) is 0 Å². The summed E-state index contributed by atoms with van der Waals surface area (Å²) in [5.74, 6) is 5.99. The van der Waals surface area contributed by atoms with E-state index in [2.05, 4.69) is 26.8 Å². The molecule has 0 unspecified atom stereocenters. The first-order valence-electron chi connectivity index (χ1n) is 7.42. The topological polar surface area (TPSA) is 102 Å². The molecular formula is C16H19N5O2. The van der Waals surface area contributed by atoms with Crippen LogP contribution in [0.3, 0.4) is 0 Å². The first-order chi connectivity index (χ1) is 11.2. The Balaban J connectivity index is 1.82. The van der Waals surface area contributed by atoms with Crippen molar-refractivity contribution < 1.29 is 9.53 Å². The minimum atomic E-state index is -0.414. The van der Waals surface area contributed by atoms with E-state index < -0.39 is 5.91 Å². The highest BCUT2D eigenvalue weighted by Crippen LogP contribution is 2.44. The number of nitrogens with zero attached hydrogens (tertiary/aromatic N) is 2. The molecule has 1 aliphatic rings. The Kier molecular flexibility index (Phi) is 4.12. The maximum Gasteiger partial charge on any atom is 0.268 e. The molecule has 1 amide bonds. The minimum Gasteiger partial charge on any atom is -0.497 e. The van der Waals surface area contributed by atoms with Crippen molar-refractivity contribution in [3.05, 3.63) is 47.8 Å². The molecule has 1 fully saturated rings. The molecule has 7 nitrogen and oxygen atoms in total. The van der Waals surface area contributed by atoms with E-state index in [9.17, 15) is 4.79 Å². The summed E-state index contributed by atoms with van der Waals surface area (Å²) in [6.07, 6.45) is 6.03. The Hall–Kier alpha value is -2.67. The van der Waals surface area contributed by atoms with Crippen LogP contribution in [-0.4, -0.2) is 23.0 Å². The molecule has 1 heterocycles. The Bertz CT molecular complexity index is 698. The molecule has 120 valence electrons. The van der Waals surface area contributed by atoms with Crippen LogP contribution in [0.2, 0.25) is 0 Å². The number of benzene rings is 1. The van der Waals surface area contributed by atoms with Crippen LogP contribution in [0.15, 0.2) is 36.7 Å². The largest absolute Gasteiger partial charge is 0.497 e. The predicted octanol–water partition coefficient (Wildman–Crippen LogP) is 1.58. The number of hydrogen-bond donors (Lipinski definition) is 3. The second-order valence-corrected chi connectivity index (χ2v) is 5.56. The first kappa shape index (κ1) is 15.2. The summed E-state index contributed by atoms with van der Waals surface area (Å²) in [4.78, 5) is 19.8. The highest BCUT2D eigenvalue weighted by Gasteiger charge is 2.39. The number of carbonyl (C=O) groups excluding carboxylic acids is 1. The second-order valence-electron chi connectivity index (χ2n) is 5.56. The molecule has 3 rings (SSSR count). The van der Waals surface area contributed by atoms with Gasteiger partial charge in [0.25, 0.3) is 5.91 Å². The van der Waals surface area contributed by atoms with E-state index in [1.807, 2.05) is 18.2 Å². The summed E-state index contributed by atoms with van der Waals surface area (Å²) in [7, 11) is 1.66. The van der Waals surface area contributed by atoms with Crippen molar-refractivity contribution in [3.63, 3.8) is 0 Å². The van der Waals surface area contributed by atoms with Gasteiger partial charge in [0.2, 0.25) is 5.95 Å². The van der Waals surface area contributed by atoms with Crippen molar-refractivity contribution in [3.8, 4) is 5.75 Å². The summed E-state index contributed by atoms with van der Waals surface area (Å²) in [5, 5.41) is 3.40. The molecule has 0 spiro atoms. The van der Waals surface area contributed by atoms with Gasteiger partial charge < -0.3 is 10.1 Å². The van der Waals surface area contributed by atoms with E-state index >= 15 is 0 Å². The number of ether oxygens (including phenoxy) is 1. The number of anilines is 1. The lowest BCUT2D eigenvalue weighted by molar-refractivity contribution is 0.0953. The number of hydrogen-bond acceptors (Lipinski definition) is 6. The van der Waals surface area contributed by atoms with Crippen molar-refractivity contribution in [2.75, 3.05) is 12.4 Å². The maximum atomic E-state index is 11.4. The summed E-state index contributed by atoms with van der Waals surface area (Å²) in [5.41, 5.74) is 3.34. The van der Waals surface area contributed by atoms with Gasteiger partial charge in [-0.2, -0.15) is 0 Å². The zero-order valence-corrected chi connectivity index (χ0v) is 12.9. The van der Waals surface area contributed by atoms with Gasteiger partial charge in [-0.3, -0.25) is 10.2 Å². The highest BCUT2D eigenvalue weighted by molar-refractivity contribution is 5.93. The average Bonchev–Trinajstić information content (AvgIpc) is 2.58. The van der Waals surface area contributed by atoms with Crippen LogP contribution in [0.5, 0.6) is 5.75 Å². The van der Waals surface area contributed by atoms with Crippen LogP contribution >= 0.6 is 0 Å². The monoisotopic (exact) mass is 313 g/mol. The third-order valence-corrected chi connectivity index (χ3v) is 4.23. The predicted molar refractivity (Wildman–Crippen MR) is 85.8 cm³/mol. The Morgan fingerprint density at radius 3 is 2.61 bits per heavy atom. The lowest BCUT2D eigenvalue weighted by Crippen LogP contribution is -2.42. The Morgan fingerprint density at radius 1 is 1.30 bits per heavy atom. The molecule has 0 saturated heterocycles. The van der Waals surface area contributed by atoms with Gasteiger partial charge in [0.1, 0.15) is 5.75 Å². The quantitative estimate of drug-likeness (QED) is 0.440. The zero-order chi connectivity index (χ0) is 16.3. The number of methoxy groups -OCH3 is 1. The van der Waals surface area contributed by atoms with E-state index in [-0.39, 0.29) is 5.54 Å². The number of amides is 1. The smallest absolute Gasteiger partial charge is 0.268 e. The molecule has 0 bridgehead atoms. The van der Waals surface area contributed by atoms with Crippen LogP contribution in [0.4, 0.5) is 5.95 Å². The van der Waals surface area contributed by atoms with E-state index in [1.165, 1.54) is 12.4 Å². The van der Waals surface area contributed by atoms with Gasteiger partial charge in [-0.25, -0.2) is 15.8 Å². The fourth-order valence-electron chi connectivity index (χ4n) is 2.74. The molecule has 0 atom stereocenters. The molecule has 1 aliphatic carbocycles. The Morgan fingerprint density at radius 2 is 2.04 bits per heavy atom. The summed E-state index contributed by atoms with van der Waals surface area (Å²) in [6, 6.07) is 8.01. The van der Waals surface area contributed by atoms with E-state index in [0.29, 0.717) is 11.5 Å². The first-order valence-corrected chi connectivity index (χ1v) is 7.42. The van der Waals surface area contributed by atoms with Gasteiger partial charge in [0.05, 0.1) is 18.2 Å². The number of nitrogens with one attached hydrogen (secondary N) is 2. The number of nitrogens with two attached hydrogens (primary N) is 1. The third kappa shape index (κ3) is 2.95. The molecule has 0 radical (unpaired) electrons. The van der Waals surface area contributed by atoms with Gasteiger partial charge in [-0.1, -0.05) is 12.1 Å². The van der Waals surface area contributed by atoms with E-state index in [4.69, 9.17) is 10.6 Å². The minimum absolute atomic E-state index is 0.188. The third-order valence-electron chi connectivity index (χ3n) is 4.23. The molecule has 0 aliphatic heterocycles. The summed E-state index contributed by atoms with van der Waals surface area (Å²) < 4.78 is 5.31. The fraction of sp³-hybridized carbons (Fsp3) is 0.312. The maximum absolute atomic E-state index is 11.4. The highest BCUT2D eigenvalue weighted by atomic mass is 16.5. The molecule has 23 heavy (non-hydrogen) atoms. The van der Waals surface area contributed by atoms with Crippen LogP contribution in [-0.2, 0) is 5.54 Å². The molecule has 7 heteroatoms. The van der Waals surface area contributed by atoms with Gasteiger partial charge in [0, 0.05) is 12.4 Å². The normalized spacial score (nSPS) is 15.4. The zero-order valence-electron chi connectivity index (χ0n) is 12.9. The fourth-order valence-corrected chi connectivity index (χ4v) is 2.74. The lowest BCUT2D eigenvalue weighted by atomic mass is 9.72. The summed E-state index contributed by atoms with van der Waals surface area (Å²) >= 11 is 0. The molecule has 1 aromatic heterocycles. The average molecular weight is 313 g/mol. The van der Waals surface area contributed by atoms with Crippen molar-refractivity contribution in [2.45, 2.75) is 24.8 Å². The van der Waals surface area contributed by atoms with Crippen LogP contribution < -0.4 is 21.3 Å². The van der Waals surface area contributed by atoms with Crippen molar-refractivity contribution in [2.24, 2.45) is 5.84 Å². The van der Waals surface area contributed by atoms with Crippen molar-refractivity contribution >= 4 is 11.9 Å². The van der Waals surface area contributed by atoms with Crippen LogP contribution in [0, 0.1) is 0 Å². The number of hydrazine groups is 1. The molecule has 1 saturated carbocycles. The molecule has 1 aromatic carbocycles. The van der Waals surface area contributed by atoms with Gasteiger partial charge in [0.15, 0.2) is 0 Å².